The first kappa shape index (κ1) is 14.9. The Bertz CT molecular complexity index is 742. The first-order valence-electron chi connectivity index (χ1n) is 7.14. The lowest BCUT2D eigenvalue weighted by Crippen LogP contribution is -2.26. The molecule has 7 nitrogen and oxygen atoms in total. The summed E-state index contributed by atoms with van der Waals surface area (Å²) in [6.45, 7) is 1.94. The minimum Gasteiger partial charge on any atom is -0.339 e. The Hall–Kier alpha value is -1.65. The Balaban J connectivity index is 1.62. The van der Waals surface area contributed by atoms with Crippen LogP contribution in [0.5, 0.6) is 0 Å². The first-order valence-corrected chi connectivity index (χ1v) is 7.93. The minimum atomic E-state index is -4.51. The number of rotatable bonds is 3. The summed E-state index contributed by atoms with van der Waals surface area (Å²) in [4.78, 5) is 2.09. The molecular weight excluding hydrogens is 379 g/mol. The molecule has 0 aromatic carbocycles. The Morgan fingerprint density at radius 2 is 1.96 bits per heavy atom. The maximum atomic E-state index is 12.9. The van der Waals surface area contributed by atoms with Gasteiger partial charge in [-0.15, -0.1) is 0 Å². The molecule has 0 spiro atoms. The maximum Gasteiger partial charge on any atom is 0.436 e. The third kappa shape index (κ3) is 2.50. The van der Waals surface area contributed by atoms with E-state index in [0.717, 1.165) is 13.1 Å². The minimum absolute atomic E-state index is 0.0711. The van der Waals surface area contributed by atoms with Crippen LogP contribution >= 0.6 is 15.9 Å². The molecule has 1 aliphatic carbocycles. The largest absolute Gasteiger partial charge is 0.436 e. The number of hydrogen-bond donors (Lipinski definition) is 0. The van der Waals surface area contributed by atoms with Crippen LogP contribution in [0.15, 0.2) is 4.47 Å². The van der Waals surface area contributed by atoms with E-state index in [9.17, 15) is 13.2 Å². The van der Waals surface area contributed by atoms with E-state index in [1.165, 1.54) is 22.8 Å². The van der Waals surface area contributed by atoms with Gasteiger partial charge in [0.05, 0.1) is 16.7 Å². The zero-order chi connectivity index (χ0) is 16.4. The molecule has 2 aliphatic rings. The van der Waals surface area contributed by atoms with Gasteiger partial charge in [-0.2, -0.15) is 18.3 Å². The molecule has 1 aliphatic heterocycles. The van der Waals surface area contributed by atoms with Crippen LogP contribution in [0.1, 0.15) is 17.8 Å². The van der Waals surface area contributed by atoms with E-state index in [0.29, 0.717) is 23.5 Å². The number of alkyl halides is 3. The molecule has 2 fully saturated rings. The molecule has 2 aromatic heterocycles. The predicted molar refractivity (Wildman–Crippen MR) is 76.6 cm³/mol. The van der Waals surface area contributed by atoms with Crippen molar-refractivity contribution < 1.29 is 13.2 Å². The smallest absolute Gasteiger partial charge is 0.339 e. The predicted octanol–water partition coefficient (Wildman–Crippen LogP) is 1.69. The van der Waals surface area contributed by atoms with Crippen LogP contribution in [0.2, 0.25) is 0 Å². The summed E-state index contributed by atoms with van der Waals surface area (Å²) < 4.78 is 41.5. The Morgan fingerprint density at radius 3 is 2.57 bits per heavy atom. The van der Waals surface area contributed by atoms with Crippen LogP contribution in [-0.2, 0) is 19.8 Å². The van der Waals surface area contributed by atoms with Gasteiger partial charge in [-0.05, 0) is 44.6 Å². The third-order valence-electron chi connectivity index (χ3n) is 4.44. The second-order valence-electron chi connectivity index (χ2n) is 6.03. The fraction of sp³-hybridized carbons (Fsp3) is 0.667. The van der Waals surface area contributed by atoms with Crippen LogP contribution in [-0.4, -0.2) is 43.1 Å². The second kappa shape index (κ2) is 4.92. The van der Waals surface area contributed by atoms with E-state index in [2.05, 4.69) is 41.5 Å². The number of halogens is 4. The number of anilines is 1. The van der Waals surface area contributed by atoms with Gasteiger partial charge in [0.15, 0.2) is 5.69 Å². The van der Waals surface area contributed by atoms with E-state index < -0.39 is 11.9 Å². The SMILES string of the molecule is Cn1nc(C(F)(F)F)c(Br)c1Cn1nnnc1N1CC2CC2C1. The first-order chi connectivity index (χ1) is 10.8. The van der Waals surface area contributed by atoms with E-state index in [1.54, 1.807) is 0 Å². The lowest BCUT2D eigenvalue weighted by Gasteiger charge is -2.18. The molecule has 1 saturated carbocycles. The average molecular weight is 392 g/mol. The van der Waals surface area contributed by atoms with Gasteiger partial charge in [-0.1, -0.05) is 5.10 Å². The van der Waals surface area contributed by atoms with Crippen LogP contribution in [0.4, 0.5) is 19.1 Å². The lowest BCUT2D eigenvalue weighted by molar-refractivity contribution is -0.142. The third-order valence-corrected chi connectivity index (χ3v) is 5.28. The van der Waals surface area contributed by atoms with Gasteiger partial charge >= 0.3 is 6.18 Å². The highest BCUT2D eigenvalue weighted by Gasteiger charge is 2.46. The monoisotopic (exact) mass is 391 g/mol. The number of aryl methyl sites for hydroxylation is 1. The summed E-state index contributed by atoms with van der Waals surface area (Å²) in [5, 5.41) is 15.2. The van der Waals surface area contributed by atoms with Crippen molar-refractivity contribution in [3.8, 4) is 0 Å². The van der Waals surface area contributed by atoms with Gasteiger partial charge in [0.2, 0.25) is 5.95 Å². The average Bonchev–Trinajstić information content (AvgIpc) is 2.86. The molecule has 11 heteroatoms. The van der Waals surface area contributed by atoms with Crippen molar-refractivity contribution in [2.75, 3.05) is 18.0 Å². The highest BCUT2D eigenvalue weighted by atomic mass is 79.9. The number of nitrogens with zero attached hydrogens (tertiary/aromatic N) is 7. The van der Waals surface area contributed by atoms with E-state index in [-0.39, 0.29) is 11.0 Å². The van der Waals surface area contributed by atoms with E-state index >= 15 is 0 Å². The van der Waals surface area contributed by atoms with Crippen LogP contribution in [0, 0.1) is 11.8 Å². The van der Waals surface area contributed by atoms with Gasteiger partial charge in [0, 0.05) is 20.1 Å². The summed E-state index contributed by atoms with van der Waals surface area (Å²) in [5.41, 5.74) is -0.567. The zero-order valence-corrected chi connectivity index (χ0v) is 13.7. The molecule has 23 heavy (non-hydrogen) atoms. The standard InChI is InChI=1S/C12H13BrF3N7/c1-21-8(9(13)10(18-21)12(14,15)16)5-23-11(17-19-20-23)22-3-6-2-7(6)4-22/h6-7H,2-5H2,1H3. The fourth-order valence-electron chi connectivity index (χ4n) is 3.12. The molecule has 2 unspecified atom stereocenters. The highest BCUT2D eigenvalue weighted by Crippen LogP contribution is 2.45. The number of piperidine rings is 1. The van der Waals surface area contributed by atoms with Crippen molar-refractivity contribution in [2.24, 2.45) is 18.9 Å². The molecule has 124 valence electrons. The Labute approximate surface area is 137 Å². The molecule has 2 aromatic rings. The molecule has 3 heterocycles. The van der Waals surface area contributed by atoms with Crippen LogP contribution in [0.3, 0.4) is 0 Å². The van der Waals surface area contributed by atoms with Gasteiger partial charge < -0.3 is 4.90 Å². The molecule has 0 N–H and O–H groups in total. The van der Waals surface area contributed by atoms with Crippen LogP contribution in [0.25, 0.3) is 0 Å². The number of fused-ring (bicyclic) bond motifs is 1. The van der Waals surface area contributed by atoms with Crippen molar-refractivity contribution in [3.05, 3.63) is 15.9 Å². The fourth-order valence-corrected chi connectivity index (χ4v) is 3.80. The topological polar surface area (TPSA) is 64.7 Å². The number of aromatic nitrogens is 6. The second-order valence-corrected chi connectivity index (χ2v) is 6.82. The van der Waals surface area contributed by atoms with Gasteiger partial charge in [-0.25, -0.2) is 4.68 Å². The van der Waals surface area contributed by atoms with Crippen molar-refractivity contribution in [1.82, 2.24) is 30.0 Å². The number of hydrogen-bond acceptors (Lipinski definition) is 5. The molecular formula is C12H13BrF3N7. The van der Waals surface area contributed by atoms with Gasteiger partial charge in [-0.3, -0.25) is 4.68 Å². The Kier molecular flexibility index (Phi) is 3.19. The van der Waals surface area contributed by atoms with Crippen molar-refractivity contribution in [2.45, 2.75) is 19.1 Å². The Morgan fingerprint density at radius 1 is 1.26 bits per heavy atom. The summed E-state index contributed by atoms with van der Waals surface area (Å²) in [6.07, 6.45) is -3.26. The van der Waals surface area contributed by atoms with Crippen molar-refractivity contribution in [3.63, 3.8) is 0 Å². The van der Waals surface area contributed by atoms with Crippen molar-refractivity contribution >= 4 is 21.9 Å². The van der Waals surface area contributed by atoms with E-state index in [1.807, 2.05) is 0 Å². The number of tetrazole rings is 1. The molecule has 4 rings (SSSR count). The van der Waals surface area contributed by atoms with E-state index in [4.69, 9.17) is 0 Å². The molecule has 1 saturated heterocycles. The summed E-state index contributed by atoms with van der Waals surface area (Å²) in [5.74, 6) is 2.01. The summed E-state index contributed by atoms with van der Waals surface area (Å²) in [6, 6.07) is 0. The molecule has 2 atom stereocenters. The molecule has 0 amide bonds. The highest BCUT2D eigenvalue weighted by molar-refractivity contribution is 9.10. The molecule has 0 radical (unpaired) electrons. The molecule has 0 bridgehead atoms. The normalized spacial score (nSPS) is 23.4. The summed E-state index contributed by atoms with van der Waals surface area (Å²) in [7, 11) is 1.48. The quantitative estimate of drug-likeness (QED) is 0.796. The zero-order valence-electron chi connectivity index (χ0n) is 12.1. The lowest BCUT2D eigenvalue weighted by atomic mass is 10.3. The summed E-state index contributed by atoms with van der Waals surface area (Å²) >= 11 is 3.01. The van der Waals surface area contributed by atoms with Gasteiger partial charge in [0.25, 0.3) is 0 Å². The van der Waals surface area contributed by atoms with Crippen molar-refractivity contribution in [1.29, 1.82) is 0 Å². The van der Waals surface area contributed by atoms with Gasteiger partial charge in [0.1, 0.15) is 0 Å². The maximum absolute atomic E-state index is 12.9. The van der Waals surface area contributed by atoms with Crippen LogP contribution < -0.4 is 4.90 Å².